The van der Waals surface area contributed by atoms with Crippen molar-refractivity contribution < 1.29 is 4.79 Å². The molecule has 0 aromatic heterocycles. The molecule has 1 aliphatic rings. The molecule has 0 aromatic rings. The van der Waals surface area contributed by atoms with Crippen molar-refractivity contribution in [1.29, 1.82) is 0 Å². The van der Waals surface area contributed by atoms with Gasteiger partial charge in [0.15, 0.2) is 0 Å². The maximum absolute atomic E-state index is 10.7. The van der Waals surface area contributed by atoms with E-state index in [0.29, 0.717) is 12.3 Å². The number of rotatable bonds is 6. The van der Waals surface area contributed by atoms with Gasteiger partial charge in [0.1, 0.15) is 0 Å². The molecule has 1 heterocycles. The van der Waals surface area contributed by atoms with E-state index in [0.717, 1.165) is 12.3 Å². The molecule has 1 aliphatic heterocycles. The van der Waals surface area contributed by atoms with Crippen LogP contribution in [0.1, 0.15) is 46.0 Å². The van der Waals surface area contributed by atoms with Crippen LogP contribution < -0.4 is 5.73 Å². The van der Waals surface area contributed by atoms with Gasteiger partial charge in [-0.1, -0.05) is 13.8 Å². The third-order valence-corrected chi connectivity index (χ3v) is 3.42. The first-order chi connectivity index (χ1) is 7.58. The molecule has 94 valence electrons. The molecule has 16 heavy (non-hydrogen) atoms. The van der Waals surface area contributed by atoms with E-state index in [4.69, 9.17) is 5.73 Å². The van der Waals surface area contributed by atoms with E-state index in [9.17, 15) is 4.79 Å². The fourth-order valence-corrected chi connectivity index (χ4v) is 2.38. The zero-order chi connectivity index (χ0) is 12.0. The minimum atomic E-state index is -0.153. The van der Waals surface area contributed by atoms with Crippen molar-refractivity contribution in [3.8, 4) is 0 Å². The smallest absolute Gasteiger partial charge is 0.217 e. The summed E-state index contributed by atoms with van der Waals surface area (Å²) in [5.74, 6) is 1.32. The first kappa shape index (κ1) is 13.5. The van der Waals surface area contributed by atoms with Crippen molar-refractivity contribution in [2.75, 3.05) is 19.6 Å². The molecule has 1 atom stereocenters. The number of primary amides is 1. The van der Waals surface area contributed by atoms with Crippen LogP contribution in [0.25, 0.3) is 0 Å². The van der Waals surface area contributed by atoms with Gasteiger partial charge >= 0.3 is 0 Å². The van der Waals surface area contributed by atoms with Gasteiger partial charge in [-0.15, -0.1) is 0 Å². The Hall–Kier alpha value is -0.570. The van der Waals surface area contributed by atoms with Gasteiger partial charge in [-0.25, -0.2) is 0 Å². The monoisotopic (exact) mass is 226 g/mol. The van der Waals surface area contributed by atoms with Crippen LogP contribution in [0, 0.1) is 11.8 Å². The number of piperidine rings is 1. The number of hydrogen-bond acceptors (Lipinski definition) is 2. The molecule has 3 nitrogen and oxygen atoms in total. The fourth-order valence-electron chi connectivity index (χ4n) is 2.38. The Bertz CT molecular complexity index is 216. The summed E-state index contributed by atoms with van der Waals surface area (Å²) in [6.07, 6.45) is 5.37. The van der Waals surface area contributed by atoms with Gasteiger partial charge in [0.05, 0.1) is 0 Å². The number of likely N-dealkylation sites (tertiary alicyclic amines) is 1. The number of amides is 1. The zero-order valence-electron chi connectivity index (χ0n) is 10.7. The molecule has 0 saturated carbocycles. The van der Waals surface area contributed by atoms with Crippen molar-refractivity contribution in [1.82, 2.24) is 4.90 Å². The van der Waals surface area contributed by atoms with Crippen LogP contribution in [0.4, 0.5) is 0 Å². The van der Waals surface area contributed by atoms with E-state index in [1.54, 1.807) is 0 Å². The molecule has 0 radical (unpaired) electrons. The summed E-state index contributed by atoms with van der Waals surface area (Å²) in [7, 11) is 0. The Morgan fingerprint density at radius 1 is 1.50 bits per heavy atom. The molecule has 0 spiro atoms. The van der Waals surface area contributed by atoms with Gasteiger partial charge in [-0.2, -0.15) is 0 Å². The Labute approximate surface area is 99.4 Å². The van der Waals surface area contributed by atoms with Crippen LogP contribution in [-0.2, 0) is 4.79 Å². The molecule has 0 aliphatic carbocycles. The average Bonchev–Trinajstić information content (AvgIpc) is 2.24. The first-order valence-corrected chi connectivity index (χ1v) is 6.58. The van der Waals surface area contributed by atoms with Crippen LogP contribution in [0.2, 0.25) is 0 Å². The second kappa shape index (κ2) is 6.89. The van der Waals surface area contributed by atoms with Gasteiger partial charge in [-0.05, 0) is 50.6 Å². The Balaban J connectivity index is 2.21. The summed E-state index contributed by atoms with van der Waals surface area (Å²) >= 11 is 0. The molecule has 0 bridgehead atoms. The second-order valence-corrected chi connectivity index (χ2v) is 5.50. The molecule has 0 aromatic carbocycles. The molecule has 1 unspecified atom stereocenters. The third kappa shape index (κ3) is 5.50. The molecule has 2 N–H and O–H groups in total. The minimum Gasteiger partial charge on any atom is -0.370 e. The number of hydrogen-bond donors (Lipinski definition) is 1. The zero-order valence-corrected chi connectivity index (χ0v) is 10.7. The third-order valence-electron chi connectivity index (χ3n) is 3.42. The summed E-state index contributed by atoms with van der Waals surface area (Å²) in [6, 6.07) is 0. The molecule has 3 heteroatoms. The predicted octanol–water partition coefficient (Wildman–Crippen LogP) is 2.01. The Morgan fingerprint density at radius 2 is 2.25 bits per heavy atom. The van der Waals surface area contributed by atoms with Gasteiger partial charge in [-0.3, -0.25) is 4.79 Å². The molecule has 1 fully saturated rings. The molecule has 1 saturated heterocycles. The van der Waals surface area contributed by atoms with Crippen LogP contribution >= 0.6 is 0 Å². The summed E-state index contributed by atoms with van der Waals surface area (Å²) < 4.78 is 0. The highest BCUT2D eigenvalue weighted by atomic mass is 16.1. The topological polar surface area (TPSA) is 46.3 Å². The van der Waals surface area contributed by atoms with E-state index in [1.807, 2.05) is 0 Å². The fraction of sp³-hybridized carbons (Fsp3) is 0.923. The van der Waals surface area contributed by atoms with Crippen molar-refractivity contribution in [3.63, 3.8) is 0 Å². The lowest BCUT2D eigenvalue weighted by molar-refractivity contribution is -0.118. The summed E-state index contributed by atoms with van der Waals surface area (Å²) in [6.45, 7) is 8.16. The quantitative estimate of drug-likeness (QED) is 0.753. The summed E-state index contributed by atoms with van der Waals surface area (Å²) in [5.41, 5.74) is 5.19. The molecular weight excluding hydrogens is 200 g/mol. The van der Waals surface area contributed by atoms with Crippen molar-refractivity contribution in [2.24, 2.45) is 17.6 Å². The second-order valence-electron chi connectivity index (χ2n) is 5.50. The highest BCUT2D eigenvalue weighted by Gasteiger charge is 2.19. The van der Waals surface area contributed by atoms with E-state index >= 15 is 0 Å². The van der Waals surface area contributed by atoms with Gasteiger partial charge < -0.3 is 10.6 Å². The molecule has 1 rings (SSSR count). The summed E-state index contributed by atoms with van der Waals surface area (Å²) in [5, 5.41) is 0. The maximum atomic E-state index is 10.7. The largest absolute Gasteiger partial charge is 0.370 e. The lowest BCUT2D eigenvalue weighted by Gasteiger charge is -2.33. The lowest BCUT2D eigenvalue weighted by atomic mass is 9.93. The Morgan fingerprint density at radius 3 is 2.88 bits per heavy atom. The van der Waals surface area contributed by atoms with Gasteiger partial charge in [0.25, 0.3) is 0 Å². The van der Waals surface area contributed by atoms with E-state index in [2.05, 4.69) is 18.7 Å². The van der Waals surface area contributed by atoms with E-state index < -0.39 is 0 Å². The van der Waals surface area contributed by atoms with Crippen molar-refractivity contribution >= 4 is 5.91 Å². The number of nitrogens with two attached hydrogens (primary N) is 1. The van der Waals surface area contributed by atoms with Crippen LogP contribution in [0.3, 0.4) is 0 Å². The SMILES string of the molecule is CC(C)CCN1CCCC(CCC(N)=O)C1. The standard InChI is InChI=1S/C13H26N2O/c1-11(2)7-9-15-8-3-4-12(10-15)5-6-13(14)16/h11-12H,3-10H2,1-2H3,(H2,14,16). The van der Waals surface area contributed by atoms with Gasteiger partial charge in [0.2, 0.25) is 5.91 Å². The highest BCUT2D eigenvalue weighted by Crippen LogP contribution is 2.21. The van der Waals surface area contributed by atoms with Crippen molar-refractivity contribution in [3.05, 3.63) is 0 Å². The van der Waals surface area contributed by atoms with Gasteiger partial charge in [0, 0.05) is 13.0 Å². The maximum Gasteiger partial charge on any atom is 0.217 e. The summed E-state index contributed by atoms with van der Waals surface area (Å²) in [4.78, 5) is 13.3. The first-order valence-electron chi connectivity index (χ1n) is 6.58. The van der Waals surface area contributed by atoms with Crippen LogP contribution in [0.15, 0.2) is 0 Å². The molecule has 1 amide bonds. The average molecular weight is 226 g/mol. The number of nitrogens with zero attached hydrogens (tertiary/aromatic N) is 1. The number of carbonyl (C=O) groups excluding carboxylic acids is 1. The lowest BCUT2D eigenvalue weighted by Crippen LogP contribution is -2.36. The van der Waals surface area contributed by atoms with Crippen LogP contribution in [-0.4, -0.2) is 30.4 Å². The van der Waals surface area contributed by atoms with Crippen LogP contribution in [0.5, 0.6) is 0 Å². The minimum absolute atomic E-state index is 0.153. The van der Waals surface area contributed by atoms with E-state index in [-0.39, 0.29) is 5.91 Å². The number of carbonyl (C=O) groups is 1. The molecular formula is C13H26N2O. The van der Waals surface area contributed by atoms with E-state index in [1.165, 1.54) is 38.9 Å². The predicted molar refractivity (Wildman–Crippen MR) is 67.0 cm³/mol. The Kier molecular flexibility index (Phi) is 5.81. The normalized spacial score (nSPS) is 22.6. The highest BCUT2D eigenvalue weighted by molar-refractivity contribution is 5.73. The van der Waals surface area contributed by atoms with Crippen molar-refractivity contribution in [2.45, 2.75) is 46.0 Å².